The molecule has 1 aromatic carbocycles. The van der Waals surface area contributed by atoms with E-state index in [0.717, 1.165) is 24.4 Å². The van der Waals surface area contributed by atoms with E-state index in [1.807, 2.05) is 49.1 Å². The minimum atomic E-state index is -0.250. The monoisotopic (exact) mass is 376 g/mol. The fourth-order valence-electron chi connectivity index (χ4n) is 3.41. The first-order valence-corrected chi connectivity index (χ1v) is 8.84. The van der Waals surface area contributed by atoms with Crippen molar-refractivity contribution < 1.29 is 14.6 Å². The molecule has 4 rings (SSSR count). The molecule has 7 nitrogen and oxygen atoms in total. The first kappa shape index (κ1) is 19.3. The van der Waals surface area contributed by atoms with Gasteiger partial charge < -0.3 is 14.4 Å². The number of benzene rings is 1. The quantitative estimate of drug-likeness (QED) is 0.703. The SMILES string of the molecule is N#Cc1ccc(-c2nccn2[C@@H]2COC[C@H]2Cc2ccncc2)cc1.O=CO. The van der Waals surface area contributed by atoms with Crippen LogP contribution in [-0.4, -0.2) is 39.3 Å². The largest absolute Gasteiger partial charge is 0.483 e. The standard InChI is InChI=1S/C20H18N4O.CH2O2/c21-12-16-1-3-17(4-2-16)20-23-9-10-24(20)19-14-25-13-18(19)11-15-5-7-22-8-6-15;2-1-3/h1-10,18-19H,11,13-14H2;1H,(H,2,3)/t18-,19-;/m1./s1. The summed E-state index contributed by atoms with van der Waals surface area (Å²) in [5, 5.41) is 15.9. The minimum Gasteiger partial charge on any atom is -0.483 e. The molecule has 142 valence electrons. The van der Waals surface area contributed by atoms with Crippen molar-refractivity contribution in [3.8, 4) is 17.5 Å². The molecule has 1 N–H and O–H groups in total. The smallest absolute Gasteiger partial charge is 0.290 e. The van der Waals surface area contributed by atoms with Gasteiger partial charge in [-0.05, 0) is 48.4 Å². The van der Waals surface area contributed by atoms with Crippen molar-refractivity contribution in [2.75, 3.05) is 13.2 Å². The molecule has 2 aromatic heterocycles. The fraction of sp³-hybridized carbons (Fsp3) is 0.238. The maximum atomic E-state index is 8.97. The van der Waals surface area contributed by atoms with E-state index < -0.39 is 0 Å². The summed E-state index contributed by atoms with van der Waals surface area (Å²) in [5.74, 6) is 1.31. The van der Waals surface area contributed by atoms with E-state index in [4.69, 9.17) is 19.9 Å². The van der Waals surface area contributed by atoms with Gasteiger partial charge in [0.1, 0.15) is 5.82 Å². The van der Waals surface area contributed by atoms with Crippen molar-refractivity contribution in [1.82, 2.24) is 14.5 Å². The number of pyridine rings is 1. The molecule has 1 saturated heterocycles. The number of carbonyl (C=O) groups is 1. The Kier molecular flexibility index (Phi) is 6.50. The highest BCUT2D eigenvalue weighted by Crippen LogP contribution is 2.32. The number of imidazole rings is 1. The molecule has 2 atom stereocenters. The van der Waals surface area contributed by atoms with Gasteiger partial charge in [-0.25, -0.2) is 4.98 Å². The number of nitrogens with zero attached hydrogens (tertiary/aromatic N) is 4. The lowest BCUT2D eigenvalue weighted by Gasteiger charge is -2.21. The number of ether oxygens (including phenoxy) is 1. The molecule has 0 saturated carbocycles. The number of hydrogen-bond acceptors (Lipinski definition) is 5. The molecule has 28 heavy (non-hydrogen) atoms. The van der Waals surface area contributed by atoms with Crippen molar-refractivity contribution in [2.24, 2.45) is 5.92 Å². The predicted octanol–water partition coefficient (Wildman–Crippen LogP) is 2.95. The Hall–Kier alpha value is -3.50. The fourth-order valence-corrected chi connectivity index (χ4v) is 3.41. The van der Waals surface area contributed by atoms with Crippen LogP contribution < -0.4 is 0 Å². The molecular formula is C21H20N4O3. The molecule has 0 bridgehead atoms. The van der Waals surface area contributed by atoms with E-state index in [1.165, 1.54) is 5.56 Å². The molecule has 0 spiro atoms. The Morgan fingerprint density at radius 1 is 1.18 bits per heavy atom. The van der Waals surface area contributed by atoms with Gasteiger partial charge in [0.25, 0.3) is 6.47 Å². The lowest BCUT2D eigenvalue weighted by molar-refractivity contribution is -0.122. The van der Waals surface area contributed by atoms with Gasteiger partial charge in [-0.15, -0.1) is 0 Å². The van der Waals surface area contributed by atoms with Crippen LogP contribution in [0.25, 0.3) is 11.4 Å². The second-order valence-corrected chi connectivity index (χ2v) is 6.38. The normalized spacial score (nSPS) is 18.0. The van der Waals surface area contributed by atoms with Crippen molar-refractivity contribution in [2.45, 2.75) is 12.5 Å². The van der Waals surface area contributed by atoms with Gasteiger partial charge in [-0.3, -0.25) is 9.78 Å². The highest BCUT2D eigenvalue weighted by molar-refractivity contribution is 5.57. The van der Waals surface area contributed by atoms with Gasteiger partial charge in [0.15, 0.2) is 0 Å². The summed E-state index contributed by atoms with van der Waals surface area (Å²) in [6, 6.07) is 14.1. The Balaban J connectivity index is 0.000000706. The van der Waals surface area contributed by atoms with Crippen LogP contribution in [0.4, 0.5) is 0 Å². The molecular weight excluding hydrogens is 356 g/mol. The summed E-state index contributed by atoms with van der Waals surface area (Å²) in [6.07, 6.45) is 8.47. The van der Waals surface area contributed by atoms with E-state index in [-0.39, 0.29) is 12.5 Å². The highest BCUT2D eigenvalue weighted by Gasteiger charge is 2.31. The van der Waals surface area contributed by atoms with Crippen LogP contribution >= 0.6 is 0 Å². The highest BCUT2D eigenvalue weighted by atomic mass is 16.5. The van der Waals surface area contributed by atoms with Gasteiger partial charge >= 0.3 is 0 Å². The van der Waals surface area contributed by atoms with E-state index in [1.54, 1.807) is 0 Å². The molecule has 3 heterocycles. The zero-order chi connectivity index (χ0) is 19.8. The van der Waals surface area contributed by atoms with Crippen LogP contribution in [0.15, 0.2) is 61.2 Å². The van der Waals surface area contributed by atoms with Crippen LogP contribution in [0.2, 0.25) is 0 Å². The van der Waals surface area contributed by atoms with Crippen LogP contribution in [-0.2, 0) is 16.0 Å². The third kappa shape index (κ3) is 4.42. The summed E-state index contributed by atoms with van der Waals surface area (Å²) >= 11 is 0. The van der Waals surface area contributed by atoms with E-state index in [9.17, 15) is 0 Å². The molecule has 1 fully saturated rings. The van der Waals surface area contributed by atoms with Crippen LogP contribution in [0, 0.1) is 17.2 Å². The molecule has 0 amide bonds. The van der Waals surface area contributed by atoms with Gasteiger partial charge in [0, 0.05) is 36.3 Å². The molecule has 0 unspecified atom stereocenters. The topological polar surface area (TPSA) is 101 Å². The van der Waals surface area contributed by atoms with E-state index in [2.05, 4.69) is 32.7 Å². The molecule has 0 aliphatic carbocycles. The van der Waals surface area contributed by atoms with E-state index >= 15 is 0 Å². The second-order valence-electron chi connectivity index (χ2n) is 6.38. The van der Waals surface area contributed by atoms with Gasteiger partial charge in [-0.2, -0.15) is 5.26 Å². The summed E-state index contributed by atoms with van der Waals surface area (Å²) in [6.45, 7) is 1.19. The molecule has 1 aliphatic rings. The molecule has 1 aliphatic heterocycles. The summed E-state index contributed by atoms with van der Waals surface area (Å²) in [4.78, 5) is 17.0. The average Bonchev–Trinajstić information content (AvgIpc) is 3.38. The van der Waals surface area contributed by atoms with Crippen LogP contribution in [0.3, 0.4) is 0 Å². The third-order valence-corrected chi connectivity index (χ3v) is 4.71. The zero-order valence-corrected chi connectivity index (χ0v) is 15.2. The van der Waals surface area contributed by atoms with E-state index in [0.29, 0.717) is 18.1 Å². The van der Waals surface area contributed by atoms with Gasteiger partial charge in [0.2, 0.25) is 0 Å². The van der Waals surface area contributed by atoms with Crippen molar-refractivity contribution in [3.05, 3.63) is 72.3 Å². The maximum Gasteiger partial charge on any atom is 0.290 e. The minimum absolute atomic E-state index is 0.250. The second kappa shape index (κ2) is 9.44. The lowest BCUT2D eigenvalue weighted by atomic mass is 9.95. The van der Waals surface area contributed by atoms with Crippen LogP contribution in [0.5, 0.6) is 0 Å². The number of carboxylic acid groups (broad SMARTS) is 1. The molecule has 3 aromatic rings. The number of aromatic nitrogens is 3. The average molecular weight is 376 g/mol. The molecule has 0 radical (unpaired) electrons. The third-order valence-electron chi connectivity index (χ3n) is 4.71. The van der Waals surface area contributed by atoms with Crippen LogP contribution in [0.1, 0.15) is 17.2 Å². The summed E-state index contributed by atoms with van der Waals surface area (Å²) in [7, 11) is 0. The number of rotatable bonds is 4. The lowest BCUT2D eigenvalue weighted by Crippen LogP contribution is -2.20. The first-order valence-electron chi connectivity index (χ1n) is 8.84. The van der Waals surface area contributed by atoms with Gasteiger partial charge in [0.05, 0.1) is 30.9 Å². The van der Waals surface area contributed by atoms with Crippen molar-refractivity contribution in [1.29, 1.82) is 5.26 Å². The predicted molar refractivity (Wildman–Crippen MR) is 102 cm³/mol. The van der Waals surface area contributed by atoms with Crippen molar-refractivity contribution in [3.63, 3.8) is 0 Å². The first-order chi connectivity index (χ1) is 13.8. The maximum absolute atomic E-state index is 8.97. The molecule has 7 heteroatoms. The Bertz CT molecular complexity index is 932. The Labute approximate surface area is 162 Å². The summed E-state index contributed by atoms with van der Waals surface area (Å²) < 4.78 is 7.99. The summed E-state index contributed by atoms with van der Waals surface area (Å²) in [5.41, 5.74) is 2.94. The zero-order valence-electron chi connectivity index (χ0n) is 15.2. The van der Waals surface area contributed by atoms with Crippen molar-refractivity contribution >= 4 is 6.47 Å². The number of hydrogen-bond donors (Lipinski definition) is 1. The van der Waals surface area contributed by atoms with Gasteiger partial charge in [-0.1, -0.05) is 0 Å². The Morgan fingerprint density at radius 3 is 2.57 bits per heavy atom. The number of nitriles is 1. The Morgan fingerprint density at radius 2 is 1.89 bits per heavy atom.